The molecule has 0 saturated heterocycles. The van der Waals surface area contributed by atoms with Crippen LogP contribution >= 0.6 is 0 Å². The minimum Gasteiger partial charge on any atom is -0.456 e. The second-order valence-corrected chi connectivity index (χ2v) is 17.1. The summed E-state index contributed by atoms with van der Waals surface area (Å²) in [5, 5.41) is 8.97. The van der Waals surface area contributed by atoms with Crippen molar-refractivity contribution < 1.29 is 13.3 Å². The Morgan fingerprint density at radius 1 is 0.344 bits per heavy atom. The monoisotopic (exact) mass is 819 g/mol. The van der Waals surface area contributed by atoms with Gasteiger partial charge < -0.3 is 17.8 Å². The summed E-state index contributed by atoms with van der Waals surface area (Å²) >= 11 is 0. The Kier molecular flexibility index (Phi) is 7.48. The average Bonchev–Trinajstić information content (AvgIpc) is 4.12. The third kappa shape index (κ3) is 5.36. The van der Waals surface area contributed by atoms with Gasteiger partial charge in [-0.3, -0.25) is 0 Å². The summed E-state index contributed by atoms with van der Waals surface area (Å²) in [4.78, 5) is 0. The molecule has 9 aromatic carbocycles. The predicted molar refractivity (Wildman–Crippen MR) is 265 cm³/mol. The molecule has 1 aliphatic rings. The number of allylic oxidation sites excluding steroid dienone is 4. The molecule has 1 aliphatic carbocycles. The molecule has 0 atom stereocenters. The Bertz CT molecular complexity index is 4120. The summed E-state index contributed by atoms with van der Waals surface area (Å²) in [5.74, 6) is 0. The first-order valence-corrected chi connectivity index (χ1v) is 22.0. The lowest BCUT2D eigenvalue weighted by atomic mass is 9.97. The van der Waals surface area contributed by atoms with Crippen molar-refractivity contribution in [3.8, 4) is 39.1 Å². The van der Waals surface area contributed by atoms with E-state index in [2.05, 4.69) is 205 Å². The molecule has 0 amide bonds. The number of aromatic nitrogens is 1. The van der Waals surface area contributed by atoms with Gasteiger partial charge in [-0.1, -0.05) is 109 Å². The van der Waals surface area contributed by atoms with E-state index in [1.165, 1.54) is 27.6 Å². The molecule has 0 radical (unpaired) electrons. The Labute approximate surface area is 367 Å². The van der Waals surface area contributed by atoms with Crippen LogP contribution in [-0.2, 0) is 0 Å². The van der Waals surface area contributed by atoms with Crippen LogP contribution in [0.1, 0.15) is 18.4 Å². The van der Waals surface area contributed by atoms with Crippen molar-refractivity contribution in [3.05, 3.63) is 206 Å². The van der Waals surface area contributed by atoms with Gasteiger partial charge in [0.15, 0.2) is 5.58 Å². The molecule has 300 valence electrons. The molecule has 0 unspecified atom stereocenters. The molecule has 0 fully saturated rings. The van der Waals surface area contributed by atoms with E-state index >= 15 is 0 Å². The van der Waals surface area contributed by atoms with Crippen molar-refractivity contribution in [2.45, 2.75) is 12.8 Å². The molecule has 0 saturated carbocycles. The van der Waals surface area contributed by atoms with Crippen LogP contribution in [-0.4, -0.2) is 4.57 Å². The minimum atomic E-state index is 0.862. The normalized spacial score (nSPS) is 13.2. The van der Waals surface area contributed by atoms with Gasteiger partial charge >= 0.3 is 0 Å². The first kappa shape index (κ1) is 35.3. The zero-order valence-electron chi connectivity index (χ0n) is 34.6. The highest BCUT2D eigenvalue weighted by Gasteiger charge is 2.21. The van der Waals surface area contributed by atoms with Crippen molar-refractivity contribution in [2.75, 3.05) is 0 Å². The zero-order chi connectivity index (χ0) is 41.9. The molecule has 0 bridgehead atoms. The van der Waals surface area contributed by atoms with E-state index in [-0.39, 0.29) is 0 Å². The molecular weight excluding hydrogens is 783 g/mol. The lowest BCUT2D eigenvalue weighted by molar-refractivity contribution is 0.668. The SMILES string of the molecule is C1=CC(c2ccc3oc4ccc(-c5ccc6oc7c(ccc8c9cc(-c%10ccc%11oc%12ccc(-c%13ccccc%13)cc%12c%11c%10)ccc9n(-c9ccccc9)c87)c6c5)cc4c3c2)=CCC1. The van der Waals surface area contributed by atoms with Crippen LogP contribution in [0.3, 0.4) is 0 Å². The van der Waals surface area contributed by atoms with Gasteiger partial charge in [-0.25, -0.2) is 0 Å². The largest absolute Gasteiger partial charge is 0.456 e. The van der Waals surface area contributed by atoms with Crippen LogP contribution in [0.2, 0.25) is 0 Å². The number of fused-ring (bicyclic) bond motifs is 13. The predicted octanol–water partition coefficient (Wildman–Crippen LogP) is 17.2. The van der Waals surface area contributed by atoms with Crippen molar-refractivity contribution in [2.24, 2.45) is 0 Å². The maximum Gasteiger partial charge on any atom is 0.160 e. The summed E-state index contributed by atoms with van der Waals surface area (Å²) in [6.45, 7) is 0. The topological polar surface area (TPSA) is 44.4 Å². The summed E-state index contributed by atoms with van der Waals surface area (Å²) in [5.41, 5.74) is 18.0. The number of hydrogen-bond donors (Lipinski definition) is 0. The minimum absolute atomic E-state index is 0.862. The highest BCUT2D eigenvalue weighted by Crippen LogP contribution is 2.44. The maximum atomic E-state index is 6.91. The number of hydrogen-bond acceptors (Lipinski definition) is 3. The molecule has 4 heteroatoms. The second kappa shape index (κ2) is 13.6. The van der Waals surface area contributed by atoms with E-state index in [9.17, 15) is 0 Å². The molecule has 14 rings (SSSR count). The third-order valence-corrected chi connectivity index (χ3v) is 13.4. The molecule has 13 aromatic rings. The fourth-order valence-corrected chi connectivity index (χ4v) is 10.3. The highest BCUT2D eigenvalue weighted by molar-refractivity contribution is 6.22. The first-order chi connectivity index (χ1) is 31.7. The molecule has 4 aromatic heterocycles. The third-order valence-electron chi connectivity index (χ3n) is 13.4. The van der Waals surface area contributed by atoms with E-state index in [1.807, 2.05) is 0 Å². The molecule has 4 heterocycles. The summed E-state index contributed by atoms with van der Waals surface area (Å²) < 4.78 is 22.0. The Balaban J connectivity index is 0.913. The van der Waals surface area contributed by atoms with Crippen LogP contribution in [0.4, 0.5) is 0 Å². The van der Waals surface area contributed by atoms with Gasteiger partial charge in [0, 0.05) is 48.8 Å². The standard InChI is InChI=1S/C60H37NO3/c1-4-10-36(11-5-1)38-17-25-54-49(31-38)51-34-42(19-27-56(51)62-54)40-16-24-53-47(30-40)45-22-23-46-48-33-41(21-29-58(48)64-60(46)59(45)61(53)44-14-8-3-9-15-44)43-20-28-57-52(35-43)50-32-39(18-26-55(50)63-57)37-12-6-2-7-13-37/h1,3-6,8-35H,2,7H2. The molecule has 64 heavy (non-hydrogen) atoms. The fraction of sp³-hybridized carbons (Fsp3) is 0.0333. The first-order valence-electron chi connectivity index (χ1n) is 22.0. The Hall–Kier alpha value is -8.34. The highest BCUT2D eigenvalue weighted by atomic mass is 16.3. The fourth-order valence-electron chi connectivity index (χ4n) is 10.3. The van der Waals surface area contributed by atoms with Crippen LogP contribution < -0.4 is 0 Å². The van der Waals surface area contributed by atoms with Crippen LogP contribution in [0.25, 0.3) is 132 Å². The van der Waals surface area contributed by atoms with Crippen molar-refractivity contribution in [1.82, 2.24) is 4.57 Å². The smallest absolute Gasteiger partial charge is 0.160 e. The molecule has 0 spiro atoms. The lowest BCUT2D eigenvalue weighted by Gasteiger charge is -2.08. The maximum absolute atomic E-state index is 6.91. The van der Waals surface area contributed by atoms with Gasteiger partial charge in [0.05, 0.1) is 11.0 Å². The van der Waals surface area contributed by atoms with Gasteiger partial charge in [-0.05, 0) is 148 Å². The molecular formula is C60H37NO3. The number of para-hydroxylation sites is 1. The summed E-state index contributed by atoms with van der Waals surface area (Å²) in [6.07, 6.45) is 9.00. The van der Waals surface area contributed by atoms with E-state index in [0.29, 0.717) is 0 Å². The lowest BCUT2D eigenvalue weighted by Crippen LogP contribution is -1.93. The van der Waals surface area contributed by atoms with Crippen LogP contribution in [0, 0.1) is 0 Å². The van der Waals surface area contributed by atoms with Crippen molar-refractivity contribution >= 4 is 93.2 Å². The second-order valence-electron chi connectivity index (χ2n) is 17.1. The van der Waals surface area contributed by atoms with Crippen LogP contribution in [0.15, 0.2) is 213 Å². The van der Waals surface area contributed by atoms with E-state index < -0.39 is 0 Å². The Morgan fingerprint density at radius 2 is 0.812 bits per heavy atom. The van der Waals surface area contributed by atoms with Crippen LogP contribution in [0.5, 0.6) is 0 Å². The Morgan fingerprint density at radius 3 is 1.39 bits per heavy atom. The summed E-state index contributed by atoms with van der Waals surface area (Å²) in [7, 11) is 0. The number of furan rings is 3. The molecule has 0 aliphatic heterocycles. The van der Waals surface area contributed by atoms with E-state index in [4.69, 9.17) is 13.3 Å². The van der Waals surface area contributed by atoms with Gasteiger partial charge in [0.1, 0.15) is 27.9 Å². The summed E-state index contributed by atoms with van der Waals surface area (Å²) in [6, 6.07) is 65.2. The number of rotatable bonds is 5. The molecule has 4 nitrogen and oxygen atoms in total. The van der Waals surface area contributed by atoms with Crippen molar-refractivity contribution in [1.29, 1.82) is 0 Å². The van der Waals surface area contributed by atoms with E-state index in [1.54, 1.807) is 0 Å². The van der Waals surface area contributed by atoms with E-state index in [0.717, 1.165) is 123 Å². The quantitative estimate of drug-likeness (QED) is 0.174. The van der Waals surface area contributed by atoms with Gasteiger partial charge in [-0.15, -0.1) is 0 Å². The van der Waals surface area contributed by atoms with Gasteiger partial charge in [0.2, 0.25) is 0 Å². The van der Waals surface area contributed by atoms with Gasteiger partial charge in [-0.2, -0.15) is 0 Å². The number of benzene rings is 9. The zero-order valence-corrected chi connectivity index (χ0v) is 34.6. The number of nitrogens with zero attached hydrogens (tertiary/aromatic N) is 1. The molecule has 0 N–H and O–H groups in total. The van der Waals surface area contributed by atoms with Gasteiger partial charge in [0.25, 0.3) is 0 Å². The average molecular weight is 820 g/mol. The van der Waals surface area contributed by atoms with Crippen molar-refractivity contribution in [3.63, 3.8) is 0 Å².